The molecule has 0 aromatic heterocycles. The van der Waals surface area contributed by atoms with E-state index in [1.165, 1.54) is 24.3 Å². The van der Waals surface area contributed by atoms with Crippen LogP contribution < -0.4 is 20.7 Å². The summed E-state index contributed by atoms with van der Waals surface area (Å²) in [6.07, 6.45) is 0.343. The second kappa shape index (κ2) is 15.4. The molecular formula is C35H36N4O6. The Morgan fingerprint density at radius 1 is 0.756 bits per heavy atom. The highest BCUT2D eigenvalue weighted by molar-refractivity contribution is 5.90. The number of non-ortho nitro benzene ring substituents is 1. The van der Waals surface area contributed by atoms with Gasteiger partial charge in [-0.3, -0.25) is 25.0 Å². The van der Waals surface area contributed by atoms with E-state index < -0.39 is 40.8 Å². The summed E-state index contributed by atoms with van der Waals surface area (Å²) in [5, 5.41) is 19.7. The van der Waals surface area contributed by atoms with Crippen LogP contribution in [0.4, 0.5) is 5.69 Å². The molecule has 4 aromatic carbocycles. The first-order chi connectivity index (χ1) is 21.7. The molecule has 0 aliphatic carbocycles. The van der Waals surface area contributed by atoms with Gasteiger partial charge in [-0.1, -0.05) is 105 Å². The molecule has 4 rings (SSSR count). The van der Waals surface area contributed by atoms with Crippen molar-refractivity contribution in [2.24, 2.45) is 5.92 Å². The highest BCUT2D eigenvalue weighted by Gasteiger charge is 2.36. The third-order valence-corrected chi connectivity index (χ3v) is 7.18. The van der Waals surface area contributed by atoms with E-state index in [4.69, 9.17) is 4.74 Å². The minimum atomic E-state index is -0.897. The molecule has 0 saturated carbocycles. The number of nitro groups is 1. The maximum atomic E-state index is 13.4. The first kappa shape index (κ1) is 32.6. The molecule has 0 saturated heterocycles. The summed E-state index contributed by atoms with van der Waals surface area (Å²) >= 11 is 0. The lowest BCUT2D eigenvalue weighted by molar-refractivity contribution is -0.384. The third kappa shape index (κ3) is 8.61. The van der Waals surface area contributed by atoms with Crippen molar-refractivity contribution < 1.29 is 24.0 Å². The van der Waals surface area contributed by atoms with Crippen molar-refractivity contribution in [2.75, 3.05) is 13.1 Å². The molecule has 10 nitrogen and oxygen atoms in total. The van der Waals surface area contributed by atoms with E-state index >= 15 is 0 Å². The van der Waals surface area contributed by atoms with E-state index in [0.717, 1.165) is 16.7 Å². The van der Waals surface area contributed by atoms with Crippen LogP contribution in [0, 0.1) is 16.0 Å². The Hall–Kier alpha value is -5.35. The summed E-state index contributed by atoms with van der Waals surface area (Å²) < 4.78 is 5.17. The number of hydrogen-bond donors (Lipinski definition) is 3. The molecule has 232 valence electrons. The summed E-state index contributed by atoms with van der Waals surface area (Å²) in [7, 11) is 0. The van der Waals surface area contributed by atoms with Gasteiger partial charge in [0.15, 0.2) is 0 Å². The van der Waals surface area contributed by atoms with Gasteiger partial charge in [-0.05, 0) is 41.2 Å². The Balaban J connectivity index is 1.46. The molecule has 4 aromatic rings. The Morgan fingerprint density at radius 3 is 1.69 bits per heavy atom. The van der Waals surface area contributed by atoms with Crippen LogP contribution in [0.3, 0.4) is 0 Å². The highest BCUT2D eigenvalue weighted by Crippen LogP contribution is 2.36. The Labute approximate surface area is 262 Å². The zero-order valence-electron chi connectivity index (χ0n) is 25.1. The number of ether oxygens (including phenoxy) is 1. The van der Waals surface area contributed by atoms with Crippen LogP contribution in [-0.4, -0.2) is 41.8 Å². The van der Waals surface area contributed by atoms with Gasteiger partial charge in [0, 0.05) is 12.1 Å². The molecule has 0 fully saturated rings. The maximum Gasteiger partial charge on any atom is 0.330 e. The number of hydrogen-bond acceptors (Lipinski definition) is 7. The molecular weight excluding hydrogens is 572 g/mol. The Morgan fingerprint density at radius 2 is 1.24 bits per heavy atom. The van der Waals surface area contributed by atoms with Crippen LogP contribution in [0.1, 0.15) is 37.0 Å². The van der Waals surface area contributed by atoms with E-state index in [1.54, 1.807) is 0 Å². The van der Waals surface area contributed by atoms with Crippen LogP contribution in [0.5, 0.6) is 5.75 Å². The number of carbonyl (C=O) groups is 3. The van der Waals surface area contributed by atoms with Crippen LogP contribution in [0.2, 0.25) is 0 Å². The van der Waals surface area contributed by atoms with Gasteiger partial charge < -0.3 is 15.4 Å². The number of nitrogens with one attached hydrogen (secondary N) is 3. The second-order valence-corrected chi connectivity index (χ2v) is 10.9. The summed E-state index contributed by atoms with van der Waals surface area (Å²) in [6.45, 7) is 3.30. The number of nitro benzene ring substituents is 1. The average Bonchev–Trinajstić information content (AvgIpc) is 3.05. The first-order valence-corrected chi connectivity index (χ1v) is 14.6. The molecule has 0 unspecified atom stereocenters. The van der Waals surface area contributed by atoms with Gasteiger partial charge in [-0.25, -0.2) is 4.79 Å². The zero-order chi connectivity index (χ0) is 32.2. The SMILES string of the molecule is CC(C)C[C@H](NC(=O)CNC(c1ccccc1)(c1ccccc1)c1ccccc1)C(=O)NCC(=O)Oc1ccc([N+](=O)[O-])cc1. The van der Waals surface area contributed by atoms with E-state index in [0.29, 0.717) is 6.42 Å². The fourth-order valence-corrected chi connectivity index (χ4v) is 5.12. The topological polar surface area (TPSA) is 140 Å². The lowest BCUT2D eigenvalue weighted by Crippen LogP contribution is -2.53. The van der Waals surface area contributed by atoms with Crippen LogP contribution in [0.15, 0.2) is 115 Å². The first-order valence-electron chi connectivity index (χ1n) is 14.6. The average molecular weight is 609 g/mol. The molecule has 10 heteroatoms. The van der Waals surface area contributed by atoms with Gasteiger partial charge in [0.25, 0.3) is 5.69 Å². The molecule has 45 heavy (non-hydrogen) atoms. The van der Waals surface area contributed by atoms with E-state index in [2.05, 4.69) is 16.0 Å². The van der Waals surface area contributed by atoms with Gasteiger partial charge in [-0.15, -0.1) is 0 Å². The molecule has 3 N–H and O–H groups in total. The van der Waals surface area contributed by atoms with Gasteiger partial charge in [0.2, 0.25) is 11.8 Å². The number of benzene rings is 4. The lowest BCUT2D eigenvalue weighted by atomic mass is 9.77. The van der Waals surface area contributed by atoms with Crippen LogP contribution in [0.25, 0.3) is 0 Å². The quantitative estimate of drug-likeness (QED) is 0.0618. The molecule has 0 bridgehead atoms. The van der Waals surface area contributed by atoms with Gasteiger partial charge in [-0.2, -0.15) is 0 Å². The van der Waals surface area contributed by atoms with Crippen molar-refractivity contribution >= 4 is 23.5 Å². The Kier molecular flexibility index (Phi) is 11.1. The van der Waals surface area contributed by atoms with Crippen molar-refractivity contribution in [3.8, 4) is 5.75 Å². The van der Waals surface area contributed by atoms with Crippen molar-refractivity contribution in [2.45, 2.75) is 31.8 Å². The third-order valence-electron chi connectivity index (χ3n) is 7.18. The molecule has 0 heterocycles. The molecule has 1 atom stereocenters. The van der Waals surface area contributed by atoms with E-state index in [-0.39, 0.29) is 23.9 Å². The molecule has 0 spiro atoms. The number of amides is 2. The van der Waals surface area contributed by atoms with Gasteiger partial charge in [0.1, 0.15) is 18.3 Å². The monoisotopic (exact) mass is 608 g/mol. The van der Waals surface area contributed by atoms with E-state index in [9.17, 15) is 24.5 Å². The van der Waals surface area contributed by atoms with Crippen LogP contribution >= 0.6 is 0 Å². The van der Waals surface area contributed by atoms with Crippen molar-refractivity contribution in [3.05, 3.63) is 142 Å². The number of esters is 1. The smallest absolute Gasteiger partial charge is 0.330 e. The molecule has 2 amide bonds. The zero-order valence-corrected chi connectivity index (χ0v) is 25.1. The largest absolute Gasteiger partial charge is 0.425 e. The van der Waals surface area contributed by atoms with Gasteiger partial charge in [0.05, 0.1) is 17.0 Å². The fraction of sp³-hybridized carbons (Fsp3) is 0.229. The fourth-order valence-electron chi connectivity index (χ4n) is 5.12. The standard InChI is InChI=1S/C35H36N4O6/c1-25(2)22-31(34(42)36-24-33(41)45-30-20-18-29(19-21-30)39(43)44)38-32(40)23-37-35(26-12-6-3-7-13-26,27-14-8-4-9-15-27)28-16-10-5-11-17-28/h3-21,25,31,37H,22-24H2,1-2H3,(H,36,42)(H,38,40)/t31-/m0/s1. The van der Waals surface area contributed by atoms with E-state index in [1.807, 2.05) is 105 Å². The predicted octanol–water partition coefficient (Wildman–Crippen LogP) is 4.73. The predicted molar refractivity (Wildman–Crippen MR) is 170 cm³/mol. The van der Waals surface area contributed by atoms with Crippen molar-refractivity contribution in [1.29, 1.82) is 0 Å². The van der Waals surface area contributed by atoms with Crippen LogP contribution in [-0.2, 0) is 19.9 Å². The highest BCUT2D eigenvalue weighted by atomic mass is 16.6. The summed E-state index contributed by atoms with van der Waals surface area (Å²) in [5.74, 6) is -1.50. The minimum absolute atomic E-state index is 0.0677. The number of rotatable bonds is 14. The summed E-state index contributed by atoms with van der Waals surface area (Å²) in [5.41, 5.74) is 1.83. The lowest BCUT2D eigenvalue weighted by Gasteiger charge is -2.37. The minimum Gasteiger partial charge on any atom is -0.425 e. The van der Waals surface area contributed by atoms with Crippen molar-refractivity contribution in [3.63, 3.8) is 0 Å². The normalized spacial score (nSPS) is 11.8. The molecule has 0 aliphatic heterocycles. The number of nitrogens with zero attached hydrogens (tertiary/aromatic N) is 1. The summed E-state index contributed by atoms with van der Waals surface area (Å²) in [4.78, 5) is 49.2. The Bertz CT molecular complexity index is 1480. The van der Waals surface area contributed by atoms with Crippen molar-refractivity contribution in [1.82, 2.24) is 16.0 Å². The molecule has 0 aliphatic rings. The van der Waals surface area contributed by atoms with Gasteiger partial charge >= 0.3 is 5.97 Å². The number of carbonyl (C=O) groups excluding carboxylic acids is 3. The second-order valence-electron chi connectivity index (χ2n) is 10.9. The maximum absolute atomic E-state index is 13.4. The molecule has 0 radical (unpaired) electrons. The summed E-state index contributed by atoms with van der Waals surface area (Å²) in [6, 6.07) is 33.7.